The summed E-state index contributed by atoms with van der Waals surface area (Å²) in [6, 6.07) is 21.6. The summed E-state index contributed by atoms with van der Waals surface area (Å²) in [5.74, 6) is 1.64. The van der Waals surface area contributed by atoms with Gasteiger partial charge in [-0.25, -0.2) is 22.9 Å². The van der Waals surface area contributed by atoms with E-state index in [1.54, 1.807) is 6.07 Å². The van der Waals surface area contributed by atoms with Crippen LogP contribution in [0.3, 0.4) is 0 Å². The minimum Gasteiger partial charge on any atom is -0.449 e. The number of para-hydroxylation sites is 2. The summed E-state index contributed by atoms with van der Waals surface area (Å²) >= 11 is 0. The largest absolute Gasteiger partial charge is 0.449 e. The SMILES string of the molecule is CCCCOC(=O)NS(=O)(=O)c1ccc(CCC)cc1-c1ccc(Cn2c(C3CCCC3)nc3ccccc32)cc1. The van der Waals surface area contributed by atoms with Gasteiger partial charge in [-0.1, -0.05) is 82.0 Å². The van der Waals surface area contributed by atoms with Crippen molar-refractivity contribution in [2.45, 2.75) is 82.6 Å². The topological polar surface area (TPSA) is 90.3 Å². The summed E-state index contributed by atoms with van der Waals surface area (Å²) in [5.41, 5.74) is 5.66. The number of rotatable bonds is 11. The van der Waals surface area contributed by atoms with Crippen LogP contribution in [0.15, 0.2) is 71.6 Å². The predicted molar refractivity (Wildman–Crippen MR) is 162 cm³/mol. The zero-order valence-electron chi connectivity index (χ0n) is 23.9. The van der Waals surface area contributed by atoms with Crippen LogP contribution in [0.5, 0.6) is 0 Å². The first-order valence-electron chi connectivity index (χ1n) is 14.8. The first-order valence-corrected chi connectivity index (χ1v) is 16.2. The summed E-state index contributed by atoms with van der Waals surface area (Å²) < 4.78 is 36.0. The summed E-state index contributed by atoms with van der Waals surface area (Å²) in [4.78, 5) is 17.3. The number of nitrogens with one attached hydrogen (secondary N) is 1. The zero-order chi connectivity index (χ0) is 28.8. The third kappa shape index (κ3) is 6.64. The van der Waals surface area contributed by atoms with E-state index in [0.717, 1.165) is 52.8 Å². The molecule has 216 valence electrons. The molecule has 4 aromatic rings. The monoisotopic (exact) mass is 573 g/mol. The lowest BCUT2D eigenvalue weighted by molar-refractivity contribution is 0.151. The number of amides is 1. The van der Waals surface area contributed by atoms with E-state index in [4.69, 9.17) is 9.72 Å². The van der Waals surface area contributed by atoms with E-state index in [0.29, 0.717) is 24.4 Å². The molecule has 1 N–H and O–H groups in total. The number of hydrogen-bond acceptors (Lipinski definition) is 5. The van der Waals surface area contributed by atoms with E-state index >= 15 is 0 Å². The van der Waals surface area contributed by atoms with Gasteiger partial charge in [0, 0.05) is 18.0 Å². The van der Waals surface area contributed by atoms with Gasteiger partial charge in [0.15, 0.2) is 0 Å². The fourth-order valence-corrected chi connectivity index (χ4v) is 6.81. The molecule has 0 radical (unpaired) electrons. The Morgan fingerprint density at radius 2 is 1.71 bits per heavy atom. The Bertz CT molecular complexity index is 1600. The fraction of sp³-hybridized carbons (Fsp3) is 0.394. The zero-order valence-corrected chi connectivity index (χ0v) is 24.8. The molecule has 0 saturated heterocycles. The third-order valence-electron chi connectivity index (χ3n) is 7.83. The molecule has 5 rings (SSSR count). The molecule has 41 heavy (non-hydrogen) atoms. The van der Waals surface area contributed by atoms with E-state index in [9.17, 15) is 13.2 Å². The van der Waals surface area contributed by atoms with Crippen LogP contribution >= 0.6 is 0 Å². The van der Waals surface area contributed by atoms with Crippen molar-refractivity contribution in [3.63, 3.8) is 0 Å². The number of fused-ring (bicyclic) bond motifs is 1. The van der Waals surface area contributed by atoms with Crippen LogP contribution in [0, 0.1) is 0 Å². The number of carbonyl (C=O) groups excluding carboxylic acids is 1. The van der Waals surface area contributed by atoms with Gasteiger partial charge in [0.1, 0.15) is 5.82 Å². The van der Waals surface area contributed by atoms with Crippen molar-refractivity contribution in [3.05, 3.63) is 83.7 Å². The van der Waals surface area contributed by atoms with Crippen LogP contribution in [-0.4, -0.2) is 30.7 Å². The maximum absolute atomic E-state index is 13.3. The number of imidazole rings is 1. The molecule has 1 aliphatic rings. The molecule has 1 saturated carbocycles. The summed E-state index contributed by atoms with van der Waals surface area (Å²) in [5, 5.41) is 0. The lowest BCUT2D eigenvalue weighted by Gasteiger charge is -2.16. The number of unbranched alkanes of at least 4 members (excludes halogenated alkanes) is 1. The standard InChI is InChI=1S/C33H39N3O4S/c1-3-5-21-40-33(37)35-41(38,39)31-20-17-24(10-4-2)22-28(31)26-18-15-25(16-19-26)23-36-30-14-9-8-13-29(30)34-32(36)27-11-6-7-12-27/h8-9,13-20,22,27H,3-7,10-12,21,23H2,1-2H3,(H,35,37). The molecule has 3 aromatic carbocycles. The fourth-order valence-electron chi connectivity index (χ4n) is 5.71. The molecule has 7 nitrogen and oxygen atoms in total. The van der Waals surface area contributed by atoms with Crippen molar-refractivity contribution in [3.8, 4) is 11.1 Å². The number of carbonyl (C=O) groups is 1. The van der Waals surface area contributed by atoms with E-state index in [1.165, 1.54) is 25.7 Å². The second kappa shape index (κ2) is 12.9. The summed E-state index contributed by atoms with van der Waals surface area (Å²) in [6.45, 7) is 4.93. The number of benzene rings is 3. The van der Waals surface area contributed by atoms with Crippen molar-refractivity contribution in [1.82, 2.24) is 14.3 Å². The minimum atomic E-state index is -4.13. The van der Waals surface area contributed by atoms with Crippen LogP contribution in [0.2, 0.25) is 0 Å². The van der Waals surface area contributed by atoms with Gasteiger partial charge < -0.3 is 9.30 Å². The average Bonchev–Trinajstić information content (AvgIpc) is 3.62. The predicted octanol–water partition coefficient (Wildman–Crippen LogP) is 7.58. The molecular weight excluding hydrogens is 534 g/mol. The van der Waals surface area contributed by atoms with Crippen molar-refractivity contribution in [2.24, 2.45) is 0 Å². The Morgan fingerprint density at radius 1 is 0.976 bits per heavy atom. The number of aromatic nitrogens is 2. The third-order valence-corrected chi connectivity index (χ3v) is 9.20. The quantitative estimate of drug-likeness (QED) is 0.187. The number of aryl methyl sites for hydroxylation is 1. The lowest BCUT2D eigenvalue weighted by atomic mass is 10.00. The Kier molecular flexibility index (Phi) is 9.08. The van der Waals surface area contributed by atoms with Gasteiger partial charge >= 0.3 is 6.09 Å². The second-order valence-corrected chi connectivity index (χ2v) is 12.5. The van der Waals surface area contributed by atoms with E-state index in [2.05, 4.69) is 46.5 Å². The van der Waals surface area contributed by atoms with E-state index < -0.39 is 16.1 Å². The van der Waals surface area contributed by atoms with Gasteiger partial charge in [-0.2, -0.15) is 0 Å². The van der Waals surface area contributed by atoms with Crippen LogP contribution in [0.25, 0.3) is 22.2 Å². The van der Waals surface area contributed by atoms with Crippen molar-refractivity contribution in [1.29, 1.82) is 0 Å². The molecule has 0 aliphatic heterocycles. The summed E-state index contributed by atoms with van der Waals surface area (Å²) in [7, 11) is -4.13. The molecule has 1 aliphatic carbocycles. The Morgan fingerprint density at radius 3 is 2.44 bits per heavy atom. The highest BCUT2D eigenvalue weighted by Gasteiger charge is 2.25. The average molecular weight is 574 g/mol. The van der Waals surface area contributed by atoms with E-state index in [-0.39, 0.29) is 11.5 Å². The maximum Gasteiger partial charge on any atom is 0.421 e. The lowest BCUT2D eigenvalue weighted by Crippen LogP contribution is -2.31. The Hall–Kier alpha value is -3.65. The highest BCUT2D eigenvalue weighted by molar-refractivity contribution is 7.90. The van der Waals surface area contributed by atoms with Crippen molar-refractivity contribution >= 4 is 27.1 Å². The van der Waals surface area contributed by atoms with Gasteiger partial charge in [0.05, 0.1) is 22.5 Å². The van der Waals surface area contributed by atoms with Gasteiger partial charge in [-0.15, -0.1) is 0 Å². The van der Waals surface area contributed by atoms with Crippen LogP contribution in [0.4, 0.5) is 4.79 Å². The normalized spacial score (nSPS) is 14.0. The number of hydrogen-bond donors (Lipinski definition) is 1. The van der Waals surface area contributed by atoms with Gasteiger partial charge in [-0.05, 0) is 66.6 Å². The highest BCUT2D eigenvalue weighted by atomic mass is 32.2. The Labute approximate surface area is 243 Å². The molecule has 0 spiro atoms. The minimum absolute atomic E-state index is 0.0571. The molecule has 0 unspecified atom stereocenters. The van der Waals surface area contributed by atoms with Crippen molar-refractivity contribution < 1.29 is 17.9 Å². The van der Waals surface area contributed by atoms with Crippen molar-refractivity contribution in [2.75, 3.05) is 6.61 Å². The highest BCUT2D eigenvalue weighted by Crippen LogP contribution is 2.36. The first kappa shape index (κ1) is 28.9. The number of ether oxygens (including phenoxy) is 1. The molecule has 1 heterocycles. The number of nitrogens with zero attached hydrogens (tertiary/aromatic N) is 2. The Balaban J connectivity index is 1.45. The van der Waals surface area contributed by atoms with Crippen LogP contribution in [0.1, 0.15) is 81.7 Å². The summed E-state index contributed by atoms with van der Waals surface area (Å²) in [6.07, 6.45) is 7.17. The second-order valence-electron chi connectivity index (χ2n) is 10.9. The first-order chi connectivity index (χ1) is 19.9. The molecule has 8 heteroatoms. The van der Waals surface area contributed by atoms with Gasteiger partial charge in [0.25, 0.3) is 10.0 Å². The molecule has 1 aromatic heterocycles. The molecule has 0 bridgehead atoms. The molecule has 0 atom stereocenters. The van der Waals surface area contributed by atoms with Crippen LogP contribution < -0.4 is 4.72 Å². The molecule has 1 amide bonds. The van der Waals surface area contributed by atoms with Gasteiger partial charge in [-0.3, -0.25) is 0 Å². The van der Waals surface area contributed by atoms with E-state index in [1.807, 2.05) is 37.3 Å². The van der Waals surface area contributed by atoms with Crippen LogP contribution in [-0.2, 0) is 27.7 Å². The maximum atomic E-state index is 13.3. The number of sulfonamides is 1. The smallest absolute Gasteiger partial charge is 0.421 e. The molecule has 1 fully saturated rings. The van der Waals surface area contributed by atoms with Gasteiger partial charge in [0.2, 0.25) is 0 Å². The molecular formula is C33H39N3O4S.